The first-order valence-corrected chi connectivity index (χ1v) is 6.67. The van der Waals surface area contributed by atoms with Gasteiger partial charge in [-0.2, -0.15) is 0 Å². The highest BCUT2D eigenvalue weighted by molar-refractivity contribution is 5.56. The summed E-state index contributed by atoms with van der Waals surface area (Å²) < 4.78 is 2.24. The number of imidazole rings is 1. The Bertz CT molecular complexity index is 553. The van der Waals surface area contributed by atoms with Gasteiger partial charge in [-0.25, -0.2) is 4.98 Å². The molecule has 1 aliphatic carbocycles. The van der Waals surface area contributed by atoms with Crippen LogP contribution < -0.4 is 5.32 Å². The van der Waals surface area contributed by atoms with E-state index in [-0.39, 0.29) is 0 Å². The van der Waals surface area contributed by atoms with Crippen LogP contribution in [0.2, 0.25) is 0 Å². The minimum absolute atomic E-state index is 0.658. The summed E-state index contributed by atoms with van der Waals surface area (Å²) >= 11 is 0. The quantitative estimate of drug-likeness (QED) is 0.881. The Kier molecular flexibility index (Phi) is 2.82. The van der Waals surface area contributed by atoms with Crippen LogP contribution in [-0.4, -0.2) is 9.55 Å². The van der Waals surface area contributed by atoms with Crippen LogP contribution in [0.25, 0.3) is 0 Å². The summed E-state index contributed by atoms with van der Waals surface area (Å²) in [5.41, 5.74) is 3.87. The van der Waals surface area contributed by atoms with Crippen molar-refractivity contribution in [1.82, 2.24) is 9.55 Å². The standard InChI is InChI=1S/C15H19N3/c1-3-12-4-5-13(10-11(12)2)17-15-16-8-9-18(15)14-6-7-14/h4-5,8-10,14H,3,6-7H2,1-2H3,(H,16,17). The van der Waals surface area contributed by atoms with Gasteiger partial charge in [0.05, 0.1) is 0 Å². The third kappa shape index (κ3) is 2.13. The Morgan fingerprint density at radius 2 is 2.22 bits per heavy atom. The molecule has 0 bridgehead atoms. The molecule has 0 spiro atoms. The van der Waals surface area contributed by atoms with Crippen LogP contribution in [0.15, 0.2) is 30.6 Å². The predicted octanol–water partition coefficient (Wildman–Crippen LogP) is 3.83. The molecule has 1 aromatic carbocycles. The molecule has 3 rings (SSSR count). The van der Waals surface area contributed by atoms with Crippen molar-refractivity contribution in [3.63, 3.8) is 0 Å². The molecule has 0 atom stereocenters. The number of benzene rings is 1. The maximum atomic E-state index is 4.40. The Morgan fingerprint density at radius 1 is 1.39 bits per heavy atom. The number of aromatic nitrogens is 2. The molecule has 94 valence electrons. The molecule has 2 aromatic rings. The first-order chi connectivity index (χ1) is 8.78. The zero-order valence-electron chi connectivity index (χ0n) is 11.0. The normalized spacial score (nSPS) is 14.8. The second-order valence-corrected chi connectivity index (χ2v) is 5.01. The Hall–Kier alpha value is -1.77. The number of anilines is 2. The van der Waals surface area contributed by atoms with Gasteiger partial charge in [0.15, 0.2) is 0 Å². The average molecular weight is 241 g/mol. The first-order valence-electron chi connectivity index (χ1n) is 6.67. The molecule has 18 heavy (non-hydrogen) atoms. The molecule has 3 nitrogen and oxygen atoms in total. The lowest BCUT2D eigenvalue weighted by atomic mass is 10.1. The largest absolute Gasteiger partial charge is 0.326 e. The minimum atomic E-state index is 0.658. The molecule has 0 unspecified atom stereocenters. The van der Waals surface area contributed by atoms with Crippen LogP contribution in [0, 0.1) is 6.92 Å². The second kappa shape index (κ2) is 4.48. The smallest absolute Gasteiger partial charge is 0.207 e. The lowest BCUT2D eigenvalue weighted by Gasteiger charge is -2.11. The maximum absolute atomic E-state index is 4.40. The molecule has 1 aromatic heterocycles. The molecular weight excluding hydrogens is 222 g/mol. The van der Waals surface area contributed by atoms with Gasteiger partial charge >= 0.3 is 0 Å². The number of hydrogen-bond donors (Lipinski definition) is 1. The molecule has 1 saturated carbocycles. The van der Waals surface area contributed by atoms with Crippen molar-refractivity contribution in [1.29, 1.82) is 0 Å². The number of aryl methyl sites for hydroxylation is 2. The summed E-state index contributed by atoms with van der Waals surface area (Å²) in [5.74, 6) is 0.959. The average Bonchev–Trinajstić information content (AvgIpc) is 3.11. The van der Waals surface area contributed by atoms with Gasteiger partial charge in [-0.05, 0) is 49.4 Å². The van der Waals surface area contributed by atoms with Gasteiger partial charge in [-0.3, -0.25) is 0 Å². The van der Waals surface area contributed by atoms with Crippen molar-refractivity contribution >= 4 is 11.6 Å². The molecule has 1 aliphatic rings. The third-order valence-electron chi connectivity index (χ3n) is 3.59. The van der Waals surface area contributed by atoms with Crippen molar-refractivity contribution in [2.45, 2.75) is 39.2 Å². The van der Waals surface area contributed by atoms with Crippen LogP contribution in [0.5, 0.6) is 0 Å². The Balaban J connectivity index is 1.83. The van der Waals surface area contributed by atoms with Gasteiger partial charge in [-0.15, -0.1) is 0 Å². The first kappa shape index (κ1) is 11.3. The fourth-order valence-corrected chi connectivity index (χ4v) is 2.36. The molecule has 1 fully saturated rings. The van der Waals surface area contributed by atoms with Gasteiger partial charge in [0.1, 0.15) is 0 Å². The topological polar surface area (TPSA) is 29.9 Å². The summed E-state index contributed by atoms with van der Waals surface area (Å²) in [7, 11) is 0. The van der Waals surface area contributed by atoms with E-state index in [4.69, 9.17) is 0 Å². The molecule has 0 aliphatic heterocycles. The van der Waals surface area contributed by atoms with E-state index in [1.165, 1.54) is 24.0 Å². The lowest BCUT2D eigenvalue weighted by molar-refractivity contribution is 0.751. The zero-order valence-corrected chi connectivity index (χ0v) is 11.0. The molecule has 0 radical (unpaired) electrons. The summed E-state index contributed by atoms with van der Waals surface area (Å²) in [6.07, 6.45) is 7.57. The van der Waals surface area contributed by atoms with Crippen molar-refractivity contribution in [3.05, 3.63) is 41.7 Å². The molecule has 1 heterocycles. The monoisotopic (exact) mass is 241 g/mol. The van der Waals surface area contributed by atoms with Crippen LogP contribution in [0.1, 0.15) is 36.9 Å². The number of nitrogens with zero attached hydrogens (tertiary/aromatic N) is 2. The lowest BCUT2D eigenvalue weighted by Crippen LogP contribution is -2.01. The summed E-state index contributed by atoms with van der Waals surface area (Å²) in [5, 5.41) is 3.42. The second-order valence-electron chi connectivity index (χ2n) is 5.01. The molecule has 1 N–H and O–H groups in total. The Labute approximate surface area is 108 Å². The van der Waals surface area contributed by atoms with Gasteiger partial charge < -0.3 is 9.88 Å². The van der Waals surface area contributed by atoms with E-state index in [1.807, 2.05) is 6.20 Å². The van der Waals surface area contributed by atoms with Gasteiger partial charge in [0.2, 0.25) is 5.95 Å². The van der Waals surface area contributed by atoms with Crippen LogP contribution >= 0.6 is 0 Å². The maximum Gasteiger partial charge on any atom is 0.207 e. The minimum Gasteiger partial charge on any atom is -0.326 e. The molecule has 3 heteroatoms. The zero-order chi connectivity index (χ0) is 12.5. The van der Waals surface area contributed by atoms with Gasteiger partial charge in [0.25, 0.3) is 0 Å². The SMILES string of the molecule is CCc1ccc(Nc2nccn2C2CC2)cc1C. The summed E-state index contributed by atoms with van der Waals surface area (Å²) in [6.45, 7) is 4.35. The van der Waals surface area contributed by atoms with E-state index in [2.05, 4.69) is 53.1 Å². The Morgan fingerprint density at radius 3 is 2.89 bits per heavy atom. The number of rotatable bonds is 4. The van der Waals surface area contributed by atoms with E-state index in [0.29, 0.717) is 6.04 Å². The number of nitrogens with one attached hydrogen (secondary N) is 1. The van der Waals surface area contributed by atoms with Gasteiger partial charge in [-0.1, -0.05) is 13.0 Å². The summed E-state index contributed by atoms with van der Waals surface area (Å²) in [6, 6.07) is 7.19. The summed E-state index contributed by atoms with van der Waals surface area (Å²) in [4.78, 5) is 4.40. The highest BCUT2D eigenvalue weighted by atomic mass is 15.2. The van der Waals surface area contributed by atoms with Crippen molar-refractivity contribution in [3.8, 4) is 0 Å². The van der Waals surface area contributed by atoms with Crippen molar-refractivity contribution in [2.75, 3.05) is 5.32 Å². The third-order valence-corrected chi connectivity index (χ3v) is 3.59. The van der Waals surface area contributed by atoms with Gasteiger partial charge in [0, 0.05) is 24.1 Å². The fraction of sp³-hybridized carbons (Fsp3) is 0.400. The molecule has 0 saturated heterocycles. The predicted molar refractivity (Wildman–Crippen MR) is 74.3 cm³/mol. The fourth-order valence-electron chi connectivity index (χ4n) is 2.36. The van der Waals surface area contributed by atoms with Crippen LogP contribution in [-0.2, 0) is 6.42 Å². The van der Waals surface area contributed by atoms with E-state index >= 15 is 0 Å². The van der Waals surface area contributed by atoms with E-state index in [0.717, 1.165) is 18.1 Å². The van der Waals surface area contributed by atoms with Crippen molar-refractivity contribution < 1.29 is 0 Å². The molecular formula is C15H19N3. The van der Waals surface area contributed by atoms with Crippen molar-refractivity contribution in [2.24, 2.45) is 0 Å². The van der Waals surface area contributed by atoms with Crippen LogP contribution in [0.4, 0.5) is 11.6 Å². The number of hydrogen-bond acceptors (Lipinski definition) is 2. The highest BCUT2D eigenvalue weighted by Crippen LogP contribution is 2.37. The molecule has 0 amide bonds. The van der Waals surface area contributed by atoms with E-state index in [9.17, 15) is 0 Å². The highest BCUT2D eigenvalue weighted by Gasteiger charge is 2.25. The van der Waals surface area contributed by atoms with E-state index in [1.54, 1.807) is 0 Å². The van der Waals surface area contributed by atoms with E-state index < -0.39 is 0 Å². The van der Waals surface area contributed by atoms with Crippen LogP contribution in [0.3, 0.4) is 0 Å².